The maximum absolute atomic E-state index is 13.4. The smallest absolute Gasteiger partial charge is 0.268 e. The van der Waals surface area contributed by atoms with E-state index in [9.17, 15) is 4.79 Å². The molecule has 1 heterocycles. The van der Waals surface area contributed by atoms with Crippen LogP contribution in [0.2, 0.25) is 0 Å². The molecule has 0 aliphatic heterocycles. The first-order chi connectivity index (χ1) is 15.2. The Balaban J connectivity index is 1.58. The summed E-state index contributed by atoms with van der Waals surface area (Å²) in [5.41, 5.74) is 9.99. The van der Waals surface area contributed by atoms with Crippen LogP contribution in [-0.4, -0.2) is 16.5 Å². The van der Waals surface area contributed by atoms with Gasteiger partial charge in [-0.05, 0) is 46.9 Å². The number of benzene rings is 3. The fourth-order valence-electron chi connectivity index (χ4n) is 4.89. The fourth-order valence-corrected chi connectivity index (χ4v) is 4.89. The second kappa shape index (κ2) is 8.56. The molecule has 158 valence electrons. The van der Waals surface area contributed by atoms with Gasteiger partial charge in [0.15, 0.2) is 0 Å². The lowest BCUT2D eigenvalue weighted by Crippen LogP contribution is -2.37. The van der Waals surface area contributed by atoms with Gasteiger partial charge in [-0.25, -0.2) is 0 Å². The number of aromatic nitrogens is 1. The largest absolute Gasteiger partial charge is 0.348 e. The third kappa shape index (κ3) is 3.96. The van der Waals surface area contributed by atoms with Gasteiger partial charge in [-0.1, -0.05) is 73.9 Å². The van der Waals surface area contributed by atoms with Crippen LogP contribution < -0.4 is 11.1 Å². The molecule has 0 spiro atoms. The third-order valence-corrected chi connectivity index (χ3v) is 6.59. The Labute approximate surface area is 183 Å². The van der Waals surface area contributed by atoms with Crippen LogP contribution in [0.15, 0.2) is 66.7 Å². The van der Waals surface area contributed by atoms with Crippen molar-refractivity contribution in [2.24, 2.45) is 5.73 Å². The van der Waals surface area contributed by atoms with Crippen molar-refractivity contribution < 1.29 is 4.79 Å². The maximum Gasteiger partial charge on any atom is 0.268 e. The van der Waals surface area contributed by atoms with Gasteiger partial charge >= 0.3 is 0 Å². The zero-order chi connectivity index (χ0) is 21.2. The van der Waals surface area contributed by atoms with Gasteiger partial charge in [0.05, 0.1) is 0 Å². The summed E-state index contributed by atoms with van der Waals surface area (Å²) in [6.45, 7) is 1.13. The Kier molecular flexibility index (Phi) is 5.47. The minimum atomic E-state index is 0.0256. The van der Waals surface area contributed by atoms with Crippen molar-refractivity contribution >= 4 is 27.6 Å². The molecule has 1 aliphatic carbocycles. The number of nitrogens with two attached hydrogens (primary N) is 1. The number of carbonyl (C=O) groups is 1. The second-order valence-electron chi connectivity index (χ2n) is 8.66. The van der Waals surface area contributed by atoms with Crippen molar-refractivity contribution in [1.29, 1.82) is 0 Å². The van der Waals surface area contributed by atoms with E-state index in [1.807, 2.05) is 12.1 Å². The molecule has 1 amide bonds. The predicted molar refractivity (Wildman–Crippen MR) is 127 cm³/mol. The van der Waals surface area contributed by atoms with Gasteiger partial charge in [0.2, 0.25) is 0 Å². The Morgan fingerprint density at radius 2 is 1.74 bits per heavy atom. The number of nitrogens with zero attached hydrogens (tertiary/aromatic N) is 1. The lowest BCUT2D eigenvalue weighted by atomic mass is 9.95. The lowest BCUT2D eigenvalue weighted by molar-refractivity contribution is 0.0919. The number of hydrogen-bond donors (Lipinski definition) is 2. The van der Waals surface area contributed by atoms with Crippen molar-refractivity contribution in [3.05, 3.63) is 83.6 Å². The summed E-state index contributed by atoms with van der Waals surface area (Å²) in [6, 6.07) is 23.4. The first-order valence-corrected chi connectivity index (χ1v) is 11.3. The number of rotatable bonds is 5. The van der Waals surface area contributed by atoms with E-state index in [-0.39, 0.29) is 11.9 Å². The topological polar surface area (TPSA) is 60.1 Å². The highest BCUT2D eigenvalue weighted by Crippen LogP contribution is 2.26. The summed E-state index contributed by atoms with van der Waals surface area (Å²) in [5, 5.41) is 6.82. The normalized spacial score (nSPS) is 14.9. The Hall–Kier alpha value is -3.11. The summed E-state index contributed by atoms with van der Waals surface area (Å²) >= 11 is 0. The van der Waals surface area contributed by atoms with E-state index in [0.29, 0.717) is 13.1 Å². The first kappa shape index (κ1) is 19.8. The number of hydrogen-bond acceptors (Lipinski definition) is 2. The Bertz CT molecular complexity index is 1230. The van der Waals surface area contributed by atoms with Crippen LogP contribution in [0.5, 0.6) is 0 Å². The zero-order valence-electron chi connectivity index (χ0n) is 17.8. The van der Waals surface area contributed by atoms with Crippen LogP contribution >= 0.6 is 0 Å². The van der Waals surface area contributed by atoms with Crippen molar-refractivity contribution in [2.75, 3.05) is 0 Å². The molecular weight excluding hydrogens is 382 g/mol. The molecule has 4 aromatic rings. The molecule has 5 rings (SSSR count). The molecule has 3 aromatic carbocycles. The number of nitrogens with one attached hydrogen (secondary N) is 1. The van der Waals surface area contributed by atoms with Gasteiger partial charge in [0.1, 0.15) is 5.69 Å². The van der Waals surface area contributed by atoms with Gasteiger partial charge < -0.3 is 15.6 Å². The molecule has 1 saturated carbocycles. The molecule has 1 aromatic heterocycles. The second-order valence-corrected chi connectivity index (χ2v) is 8.66. The summed E-state index contributed by atoms with van der Waals surface area (Å²) < 4.78 is 2.16. The molecule has 1 fully saturated rings. The van der Waals surface area contributed by atoms with E-state index in [2.05, 4.69) is 64.5 Å². The SMILES string of the molecule is NCc1ccc2cc(C(=O)NC3CCCCC3)n(Cc3cccc4ccccc34)c2c1. The van der Waals surface area contributed by atoms with Crippen LogP contribution in [0.4, 0.5) is 0 Å². The van der Waals surface area contributed by atoms with E-state index in [1.54, 1.807) is 0 Å². The number of amides is 1. The van der Waals surface area contributed by atoms with E-state index >= 15 is 0 Å². The summed E-state index contributed by atoms with van der Waals surface area (Å²) in [7, 11) is 0. The monoisotopic (exact) mass is 411 g/mol. The van der Waals surface area contributed by atoms with Crippen LogP contribution in [0, 0.1) is 0 Å². The summed E-state index contributed by atoms with van der Waals surface area (Å²) in [6.07, 6.45) is 5.82. The van der Waals surface area contributed by atoms with Gasteiger partial charge in [-0.2, -0.15) is 0 Å². The standard InChI is InChI=1S/C27H29N3O/c28-17-19-13-14-21-16-26(27(31)29-23-10-2-1-3-11-23)30(25(21)15-19)18-22-9-6-8-20-7-4-5-12-24(20)22/h4-9,12-16,23H,1-3,10-11,17-18,28H2,(H,29,31). The van der Waals surface area contributed by atoms with Crippen LogP contribution in [0.25, 0.3) is 21.7 Å². The predicted octanol–water partition coefficient (Wildman–Crippen LogP) is 5.36. The molecule has 0 saturated heterocycles. The quantitative estimate of drug-likeness (QED) is 0.464. The zero-order valence-corrected chi connectivity index (χ0v) is 17.8. The van der Waals surface area contributed by atoms with Gasteiger partial charge in [-0.3, -0.25) is 4.79 Å². The molecule has 31 heavy (non-hydrogen) atoms. The molecule has 0 radical (unpaired) electrons. The highest BCUT2D eigenvalue weighted by atomic mass is 16.2. The number of fused-ring (bicyclic) bond motifs is 2. The van der Waals surface area contributed by atoms with Crippen molar-refractivity contribution in [2.45, 2.75) is 51.2 Å². The van der Waals surface area contributed by atoms with Gasteiger partial charge in [-0.15, -0.1) is 0 Å². The molecule has 3 N–H and O–H groups in total. The van der Waals surface area contributed by atoms with E-state index < -0.39 is 0 Å². The highest BCUT2D eigenvalue weighted by molar-refractivity contribution is 5.99. The Morgan fingerprint density at radius 1 is 0.935 bits per heavy atom. The summed E-state index contributed by atoms with van der Waals surface area (Å²) in [5.74, 6) is 0.0256. The molecular formula is C27H29N3O. The average Bonchev–Trinajstić information content (AvgIpc) is 3.17. The van der Waals surface area contributed by atoms with Crippen molar-refractivity contribution in [3.63, 3.8) is 0 Å². The highest BCUT2D eigenvalue weighted by Gasteiger charge is 2.21. The van der Waals surface area contributed by atoms with Gasteiger partial charge in [0, 0.05) is 30.0 Å². The maximum atomic E-state index is 13.4. The van der Waals surface area contributed by atoms with Crippen molar-refractivity contribution in [3.8, 4) is 0 Å². The van der Waals surface area contributed by atoms with E-state index in [4.69, 9.17) is 5.73 Å². The molecule has 0 bridgehead atoms. The molecule has 4 nitrogen and oxygen atoms in total. The minimum absolute atomic E-state index is 0.0256. The average molecular weight is 412 g/mol. The first-order valence-electron chi connectivity index (χ1n) is 11.3. The lowest BCUT2D eigenvalue weighted by Gasteiger charge is -2.23. The molecule has 1 aliphatic rings. The van der Waals surface area contributed by atoms with E-state index in [0.717, 1.165) is 35.0 Å². The van der Waals surface area contributed by atoms with Crippen LogP contribution in [0.3, 0.4) is 0 Å². The molecule has 0 unspecified atom stereocenters. The van der Waals surface area contributed by atoms with E-state index in [1.165, 1.54) is 35.6 Å². The fraction of sp³-hybridized carbons (Fsp3) is 0.296. The molecule has 0 atom stereocenters. The third-order valence-electron chi connectivity index (χ3n) is 6.59. The number of carbonyl (C=O) groups excluding carboxylic acids is 1. The van der Waals surface area contributed by atoms with Gasteiger partial charge in [0.25, 0.3) is 5.91 Å². The van der Waals surface area contributed by atoms with Crippen LogP contribution in [0.1, 0.15) is 53.7 Å². The van der Waals surface area contributed by atoms with Crippen molar-refractivity contribution in [1.82, 2.24) is 9.88 Å². The minimum Gasteiger partial charge on any atom is -0.348 e. The van der Waals surface area contributed by atoms with Crippen LogP contribution in [-0.2, 0) is 13.1 Å². The summed E-state index contributed by atoms with van der Waals surface area (Å²) in [4.78, 5) is 13.4. The molecule has 4 heteroatoms. The Morgan fingerprint density at radius 3 is 2.58 bits per heavy atom.